The molecule has 0 bridgehead atoms. The molecule has 8 heteroatoms. The van der Waals surface area contributed by atoms with Crippen molar-refractivity contribution in [3.05, 3.63) is 22.7 Å². The van der Waals surface area contributed by atoms with Gasteiger partial charge in [-0.1, -0.05) is 6.92 Å². The summed E-state index contributed by atoms with van der Waals surface area (Å²) in [5, 5.41) is 0. The lowest BCUT2D eigenvalue weighted by molar-refractivity contribution is -0.128. The first-order valence-corrected chi connectivity index (χ1v) is 8.18. The lowest BCUT2D eigenvalue weighted by Crippen LogP contribution is -2.40. The predicted molar refractivity (Wildman–Crippen MR) is 81.7 cm³/mol. The summed E-state index contributed by atoms with van der Waals surface area (Å²) in [4.78, 5) is 13.2. The molecule has 1 aromatic carbocycles. The molecular formula is C12H18BrN3O3S. The number of carbonyl (C=O) groups is 1. The summed E-state index contributed by atoms with van der Waals surface area (Å²) in [6, 6.07) is 4.46. The van der Waals surface area contributed by atoms with Gasteiger partial charge >= 0.3 is 0 Å². The van der Waals surface area contributed by atoms with E-state index in [4.69, 9.17) is 5.73 Å². The van der Waals surface area contributed by atoms with Crippen molar-refractivity contribution in [3.8, 4) is 0 Å². The number of benzene rings is 1. The molecule has 0 aliphatic rings. The van der Waals surface area contributed by atoms with E-state index < -0.39 is 10.0 Å². The molecular weight excluding hydrogens is 346 g/mol. The molecule has 1 amide bonds. The first-order valence-electron chi connectivity index (χ1n) is 5.95. The van der Waals surface area contributed by atoms with Gasteiger partial charge in [0.15, 0.2) is 0 Å². The summed E-state index contributed by atoms with van der Waals surface area (Å²) in [6.07, 6.45) is 0. The number of anilines is 1. The maximum Gasteiger partial charge on any atom is 0.244 e. The second-order valence-electron chi connectivity index (χ2n) is 4.41. The van der Waals surface area contributed by atoms with Crippen LogP contribution < -0.4 is 5.73 Å². The highest BCUT2D eigenvalue weighted by molar-refractivity contribution is 9.10. The minimum Gasteiger partial charge on any atom is -0.399 e. The van der Waals surface area contributed by atoms with E-state index in [0.29, 0.717) is 10.2 Å². The molecule has 0 radical (unpaired) electrons. The minimum absolute atomic E-state index is 0.0973. The first kappa shape index (κ1) is 16.9. The number of rotatable bonds is 5. The zero-order chi connectivity index (χ0) is 15.5. The van der Waals surface area contributed by atoms with Gasteiger partial charge in [0.1, 0.15) is 0 Å². The molecule has 112 valence electrons. The van der Waals surface area contributed by atoms with Crippen LogP contribution in [0.4, 0.5) is 5.69 Å². The third kappa shape index (κ3) is 3.71. The summed E-state index contributed by atoms with van der Waals surface area (Å²) < 4.78 is 26.6. The van der Waals surface area contributed by atoms with E-state index in [0.717, 1.165) is 4.31 Å². The number of hydrogen-bond donors (Lipinski definition) is 1. The summed E-state index contributed by atoms with van der Waals surface area (Å²) in [6.45, 7) is 1.70. The van der Waals surface area contributed by atoms with Crippen LogP contribution >= 0.6 is 15.9 Å². The quantitative estimate of drug-likeness (QED) is 0.794. The van der Waals surface area contributed by atoms with Crippen LogP contribution in [0.25, 0.3) is 0 Å². The maximum atomic E-state index is 12.5. The maximum absolute atomic E-state index is 12.5. The molecule has 20 heavy (non-hydrogen) atoms. The summed E-state index contributed by atoms with van der Waals surface area (Å²) >= 11 is 3.19. The highest BCUT2D eigenvalue weighted by Gasteiger charge is 2.27. The Balaban J connectivity index is 3.15. The van der Waals surface area contributed by atoms with Crippen LogP contribution in [0.15, 0.2) is 27.6 Å². The number of halogens is 1. The van der Waals surface area contributed by atoms with E-state index in [1.165, 1.54) is 23.1 Å². The molecule has 0 saturated carbocycles. The number of amides is 1. The molecule has 0 aliphatic carbocycles. The van der Waals surface area contributed by atoms with Crippen LogP contribution in [0.2, 0.25) is 0 Å². The van der Waals surface area contributed by atoms with Gasteiger partial charge in [-0.15, -0.1) is 0 Å². The average molecular weight is 364 g/mol. The number of carbonyl (C=O) groups excluding carboxylic acids is 1. The van der Waals surface area contributed by atoms with Gasteiger partial charge in [0.2, 0.25) is 15.9 Å². The summed E-state index contributed by atoms with van der Waals surface area (Å²) in [7, 11) is -0.573. The van der Waals surface area contributed by atoms with Crippen LogP contribution in [-0.2, 0) is 14.8 Å². The fraction of sp³-hybridized carbons (Fsp3) is 0.417. The van der Waals surface area contributed by atoms with Crippen LogP contribution in [-0.4, -0.2) is 50.7 Å². The predicted octanol–water partition coefficient (Wildman–Crippen LogP) is 1.13. The van der Waals surface area contributed by atoms with Gasteiger partial charge in [0.25, 0.3) is 0 Å². The van der Waals surface area contributed by atoms with Crippen molar-refractivity contribution < 1.29 is 13.2 Å². The number of sulfonamides is 1. The van der Waals surface area contributed by atoms with Crippen molar-refractivity contribution in [1.82, 2.24) is 9.21 Å². The lowest BCUT2D eigenvalue weighted by Gasteiger charge is -2.22. The van der Waals surface area contributed by atoms with Crippen molar-refractivity contribution in [2.45, 2.75) is 11.8 Å². The number of nitrogens with two attached hydrogens (primary N) is 1. The average Bonchev–Trinajstić information content (AvgIpc) is 2.34. The molecule has 0 saturated heterocycles. The number of nitrogens with zero attached hydrogens (tertiary/aromatic N) is 2. The van der Waals surface area contributed by atoms with Crippen LogP contribution in [0, 0.1) is 0 Å². The molecule has 0 atom stereocenters. The Morgan fingerprint density at radius 2 is 1.95 bits per heavy atom. The fourth-order valence-corrected chi connectivity index (χ4v) is 3.98. The topological polar surface area (TPSA) is 83.7 Å². The van der Waals surface area contributed by atoms with E-state index in [-0.39, 0.29) is 23.9 Å². The highest BCUT2D eigenvalue weighted by Crippen LogP contribution is 2.26. The number of likely N-dealkylation sites (N-methyl/N-ethyl adjacent to an activating group) is 2. The van der Waals surface area contributed by atoms with Gasteiger partial charge in [0.05, 0.1) is 11.4 Å². The Kier molecular flexibility index (Phi) is 5.55. The smallest absolute Gasteiger partial charge is 0.244 e. The number of hydrogen-bond acceptors (Lipinski definition) is 4. The Morgan fingerprint density at radius 1 is 1.35 bits per heavy atom. The van der Waals surface area contributed by atoms with Crippen LogP contribution in [0.5, 0.6) is 0 Å². The van der Waals surface area contributed by atoms with Gasteiger partial charge in [-0.2, -0.15) is 4.31 Å². The van der Waals surface area contributed by atoms with Crippen molar-refractivity contribution in [1.29, 1.82) is 0 Å². The molecule has 0 spiro atoms. The minimum atomic E-state index is -3.74. The van der Waals surface area contributed by atoms with Gasteiger partial charge < -0.3 is 10.6 Å². The molecule has 1 aromatic rings. The zero-order valence-corrected chi connectivity index (χ0v) is 14.0. The Morgan fingerprint density at radius 3 is 2.40 bits per heavy atom. The standard InChI is InChI=1S/C12H18BrN3O3S/c1-4-16(8-12(17)15(2)3)20(18,19)11-6-5-9(14)7-10(11)13/h5-7H,4,8,14H2,1-3H3. The van der Waals surface area contributed by atoms with Gasteiger partial charge in [0, 0.05) is 30.8 Å². The van der Waals surface area contributed by atoms with Gasteiger partial charge in [-0.3, -0.25) is 4.79 Å². The van der Waals surface area contributed by atoms with Crippen molar-refractivity contribution in [3.63, 3.8) is 0 Å². The molecule has 1 rings (SSSR count). The monoisotopic (exact) mass is 363 g/mol. The molecule has 6 nitrogen and oxygen atoms in total. The Bertz CT molecular complexity index is 602. The normalized spacial score (nSPS) is 11.7. The first-order chi connectivity index (χ1) is 9.20. The second kappa shape index (κ2) is 6.55. The Labute approximate surface area is 127 Å². The van der Waals surface area contributed by atoms with Crippen LogP contribution in [0.3, 0.4) is 0 Å². The molecule has 0 fully saturated rings. The SMILES string of the molecule is CCN(CC(=O)N(C)C)S(=O)(=O)c1ccc(N)cc1Br. The zero-order valence-electron chi connectivity index (χ0n) is 11.6. The van der Waals surface area contributed by atoms with E-state index in [1.54, 1.807) is 21.0 Å². The molecule has 0 heterocycles. The third-order valence-electron chi connectivity index (χ3n) is 2.74. The summed E-state index contributed by atoms with van der Waals surface area (Å²) in [5.41, 5.74) is 6.06. The largest absolute Gasteiger partial charge is 0.399 e. The van der Waals surface area contributed by atoms with E-state index in [9.17, 15) is 13.2 Å². The summed E-state index contributed by atoms with van der Waals surface area (Å²) in [5.74, 6) is -0.276. The van der Waals surface area contributed by atoms with Crippen LogP contribution in [0.1, 0.15) is 6.92 Å². The highest BCUT2D eigenvalue weighted by atomic mass is 79.9. The molecule has 2 N–H and O–H groups in total. The Hall–Kier alpha value is -1.12. The molecule has 0 unspecified atom stereocenters. The van der Waals surface area contributed by atoms with E-state index in [2.05, 4.69) is 15.9 Å². The van der Waals surface area contributed by atoms with Crippen molar-refractivity contribution >= 4 is 37.5 Å². The lowest BCUT2D eigenvalue weighted by atomic mass is 10.3. The second-order valence-corrected chi connectivity index (χ2v) is 7.17. The van der Waals surface area contributed by atoms with E-state index >= 15 is 0 Å². The van der Waals surface area contributed by atoms with Crippen molar-refractivity contribution in [2.24, 2.45) is 0 Å². The number of nitrogen functional groups attached to an aromatic ring is 1. The fourth-order valence-electron chi connectivity index (χ4n) is 1.52. The molecule has 0 aliphatic heterocycles. The van der Waals surface area contributed by atoms with Gasteiger partial charge in [-0.05, 0) is 34.1 Å². The van der Waals surface area contributed by atoms with Gasteiger partial charge in [-0.25, -0.2) is 8.42 Å². The van der Waals surface area contributed by atoms with Crippen molar-refractivity contribution in [2.75, 3.05) is 32.9 Å². The molecule has 0 aromatic heterocycles. The third-order valence-corrected chi connectivity index (χ3v) is 5.63. The van der Waals surface area contributed by atoms with E-state index in [1.807, 2.05) is 0 Å².